The predicted molar refractivity (Wildman–Crippen MR) is 99.2 cm³/mol. The zero-order chi connectivity index (χ0) is 19.3. The second-order valence-electron chi connectivity index (χ2n) is 6.19. The molecule has 0 aliphatic carbocycles. The molecule has 0 saturated carbocycles. The minimum absolute atomic E-state index is 0.0202. The fraction of sp³-hybridized carbons (Fsp3) is 0.333. The van der Waals surface area contributed by atoms with Gasteiger partial charge in [-0.05, 0) is 49.6 Å². The van der Waals surface area contributed by atoms with Gasteiger partial charge in [0.1, 0.15) is 11.5 Å². The van der Waals surface area contributed by atoms with E-state index in [1.54, 1.807) is 25.3 Å². The van der Waals surface area contributed by atoms with Gasteiger partial charge in [-0.15, -0.1) is 0 Å². The Morgan fingerprint density at radius 3 is 2.23 bits per heavy atom. The number of hydrogen-bond acceptors (Lipinski definition) is 5. The molecule has 26 heavy (non-hydrogen) atoms. The average molecular weight is 356 g/mol. The summed E-state index contributed by atoms with van der Waals surface area (Å²) in [6.45, 7) is 5.55. The molecule has 0 N–H and O–H groups in total. The second kappa shape index (κ2) is 8.52. The van der Waals surface area contributed by atoms with Gasteiger partial charge in [-0.1, -0.05) is 12.1 Å². The van der Waals surface area contributed by atoms with Crippen LogP contribution in [0.5, 0.6) is 11.5 Å². The van der Waals surface area contributed by atoms with Gasteiger partial charge in [0.25, 0.3) is 0 Å². The van der Waals surface area contributed by atoms with Crippen molar-refractivity contribution in [3.63, 3.8) is 0 Å². The summed E-state index contributed by atoms with van der Waals surface area (Å²) in [5.41, 5.74) is 4.30. The van der Waals surface area contributed by atoms with Crippen molar-refractivity contribution < 1.29 is 23.8 Å². The molecule has 0 atom stereocenters. The van der Waals surface area contributed by atoms with Gasteiger partial charge in [-0.25, -0.2) is 0 Å². The fourth-order valence-electron chi connectivity index (χ4n) is 2.69. The Morgan fingerprint density at radius 2 is 1.58 bits per heavy atom. The van der Waals surface area contributed by atoms with E-state index in [-0.39, 0.29) is 18.8 Å². The van der Waals surface area contributed by atoms with Crippen molar-refractivity contribution in [2.24, 2.45) is 0 Å². The van der Waals surface area contributed by atoms with Crippen LogP contribution >= 0.6 is 0 Å². The SMILES string of the molecule is COc1ccc(CC(=O)OCC(=O)c2cc(C)c(C)cc2C)c(OC)c1. The molecule has 2 aromatic carbocycles. The van der Waals surface area contributed by atoms with Crippen LogP contribution in [0.25, 0.3) is 0 Å². The molecule has 0 aliphatic heterocycles. The van der Waals surface area contributed by atoms with Gasteiger partial charge in [-0.2, -0.15) is 0 Å². The Morgan fingerprint density at radius 1 is 0.885 bits per heavy atom. The Labute approximate surface area is 153 Å². The highest BCUT2D eigenvalue weighted by molar-refractivity contribution is 5.99. The van der Waals surface area contributed by atoms with Crippen LogP contribution in [0.1, 0.15) is 32.6 Å². The van der Waals surface area contributed by atoms with Crippen LogP contribution in [-0.2, 0) is 16.0 Å². The summed E-state index contributed by atoms with van der Waals surface area (Å²) >= 11 is 0. The van der Waals surface area contributed by atoms with Crippen LogP contribution in [-0.4, -0.2) is 32.6 Å². The molecule has 138 valence electrons. The molecular weight excluding hydrogens is 332 g/mol. The average Bonchev–Trinajstić information content (AvgIpc) is 2.63. The van der Waals surface area contributed by atoms with E-state index in [2.05, 4.69) is 0 Å². The quantitative estimate of drug-likeness (QED) is 0.560. The summed E-state index contributed by atoms with van der Waals surface area (Å²) in [7, 11) is 3.08. The first-order valence-corrected chi connectivity index (χ1v) is 8.33. The minimum Gasteiger partial charge on any atom is -0.497 e. The maximum Gasteiger partial charge on any atom is 0.310 e. The lowest BCUT2D eigenvalue weighted by Crippen LogP contribution is -2.17. The van der Waals surface area contributed by atoms with Crippen molar-refractivity contribution >= 4 is 11.8 Å². The predicted octanol–water partition coefficient (Wildman–Crippen LogP) is 3.60. The minimum atomic E-state index is -0.483. The Bertz CT molecular complexity index is 823. The number of carbonyl (C=O) groups is 2. The van der Waals surface area contributed by atoms with Crippen LogP contribution < -0.4 is 9.47 Å². The van der Waals surface area contributed by atoms with E-state index in [4.69, 9.17) is 14.2 Å². The summed E-state index contributed by atoms with van der Waals surface area (Å²) < 4.78 is 15.6. The number of ether oxygens (including phenoxy) is 3. The first-order chi connectivity index (χ1) is 12.3. The smallest absolute Gasteiger partial charge is 0.310 e. The molecule has 0 aromatic heterocycles. The number of ketones is 1. The highest BCUT2D eigenvalue weighted by Crippen LogP contribution is 2.25. The van der Waals surface area contributed by atoms with Gasteiger partial charge in [0, 0.05) is 17.2 Å². The van der Waals surface area contributed by atoms with E-state index < -0.39 is 5.97 Å². The number of aryl methyl sites for hydroxylation is 3. The van der Waals surface area contributed by atoms with Gasteiger partial charge in [0.2, 0.25) is 5.78 Å². The van der Waals surface area contributed by atoms with E-state index in [0.29, 0.717) is 22.6 Å². The number of esters is 1. The summed E-state index contributed by atoms with van der Waals surface area (Å²) in [6, 6.07) is 9.00. The van der Waals surface area contributed by atoms with Crippen molar-refractivity contribution in [1.29, 1.82) is 0 Å². The molecule has 0 bridgehead atoms. The standard InChI is InChI=1S/C21H24O5/c1-13-8-15(3)18(9-14(13)2)19(22)12-26-21(23)10-16-6-7-17(24-4)11-20(16)25-5/h6-9,11H,10,12H2,1-5H3. The molecule has 0 aliphatic rings. The molecule has 0 saturated heterocycles. The number of carbonyl (C=O) groups excluding carboxylic acids is 2. The maximum absolute atomic E-state index is 12.4. The molecule has 5 heteroatoms. The van der Waals surface area contributed by atoms with Gasteiger partial charge < -0.3 is 14.2 Å². The Balaban J connectivity index is 2.01. The molecular formula is C21H24O5. The van der Waals surface area contributed by atoms with Crippen molar-refractivity contribution in [2.45, 2.75) is 27.2 Å². The molecule has 0 amide bonds. The lowest BCUT2D eigenvalue weighted by atomic mass is 9.98. The third-order valence-corrected chi connectivity index (χ3v) is 4.33. The van der Waals surface area contributed by atoms with E-state index >= 15 is 0 Å². The van der Waals surface area contributed by atoms with E-state index in [1.807, 2.05) is 32.9 Å². The lowest BCUT2D eigenvalue weighted by molar-refractivity contribution is -0.141. The van der Waals surface area contributed by atoms with Crippen LogP contribution in [0.3, 0.4) is 0 Å². The topological polar surface area (TPSA) is 61.8 Å². The molecule has 0 unspecified atom stereocenters. The zero-order valence-electron chi connectivity index (χ0n) is 15.8. The lowest BCUT2D eigenvalue weighted by Gasteiger charge is -2.11. The first kappa shape index (κ1) is 19.5. The summed E-state index contributed by atoms with van der Waals surface area (Å²) in [4.78, 5) is 24.5. The van der Waals surface area contributed by atoms with Crippen molar-refractivity contribution in [3.05, 3.63) is 58.1 Å². The van der Waals surface area contributed by atoms with Crippen LogP contribution in [0, 0.1) is 20.8 Å². The fourth-order valence-corrected chi connectivity index (χ4v) is 2.69. The molecule has 2 rings (SSSR count). The molecule has 0 heterocycles. The maximum atomic E-state index is 12.4. The van der Waals surface area contributed by atoms with Crippen molar-refractivity contribution in [2.75, 3.05) is 20.8 Å². The number of rotatable bonds is 7. The first-order valence-electron chi connectivity index (χ1n) is 8.33. The number of methoxy groups -OCH3 is 2. The van der Waals surface area contributed by atoms with Crippen LogP contribution in [0.15, 0.2) is 30.3 Å². The molecule has 0 fully saturated rings. The molecule has 0 spiro atoms. The summed E-state index contributed by atoms with van der Waals surface area (Å²) in [5.74, 6) is 0.487. The van der Waals surface area contributed by atoms with Crippen LogP contribution in [0.4, 0.5) is 0 Å². The highest BCUT2D eigenvalue weighted by atomic mass is 16.5. The Kier molecular flexibility index (Phi) is 6.39. The van der Waals surface area contributed by atoms with Crippen molar-refractivity contribution in [3.8, 4) is 11.5 Å². The molecule has 5 nitrogen and oxygen atoms in total. The third kappa shape index (κ3) is 4.63. The third-order valence-electron chi connectivity index (χ3n) is 4.33. The largest absolute Gasteiger partial charge is 0.497 e. The number of hydrogen-bond donors (Lipinski definition) is 0. The zero-order valence-corrected chi connectivity index (χ0v) is 15.8. The Hall–Kier alpha value is -2.82. The monoisotopic (exact) mass is 356 g/mol. The summed E-state index contributed by atoms with van der Waals surface area (Å²) in [5, 5.41) is 0. The van der Waals surface area contributed by atoms with Gasteiger partial charge >= 0.3 is 5.97 Å². The van der Waals surface area contributed by atoms with E-state index in [9.17, 15) is 9.59 Å². The van der Waals surface area contributed by atoms with Gasteiger partial charge in [0.05, 0.1) is 20.6 Å². The van der Waals surface area contributed by atoms with E-state index in [1.165, 1.54) is 7.11 Å². The second-order valence-corrected chi connectivity index (χ2v) is 6.19. The molecule has 0 radical (unpaired) electrons. The van der Waals surface area contributed by atoms with Gasteiger partial charge in [-0.3, -0.25) is 9.59 Å². The van der Waals surface area contributed by atoms with E-state index in [0.717, 1.165) is 16.7 Å². The molecule has 2 aromatic rings. The summed E-state index contributed by atoms with van der Waals surface area (Å²) in [6.07, 6.45) is 0.0202. The van der Waals surface area contributed by atoms with Gasteiger partial charge in [0.15, 0.2) is 6.61 Å². The normalized spacial score (nSPS) is 10.3. The highest BCUT2D eigenvalue weighted by Gasteiger charge is 2.15. The number of Topliss-reactive ketones (excluding diaryl/α,β-unsaturated/α-hetero) is 1. The van der Waals surface area contributed by atoms with Crippen LogP contribution in [0.2, 0.25) is 0 Å². The number of benzene rings is 2. The van der Waals surface area contributed by atoms with Crippen molar-refractivity contribution in [1.82, 2.24) is 0 Å².